The van der Waals surface area contributed by atoms with Crippen molar-refractivity contribution in [2.75, 3.05) is 26.9 Å². The third kappa shape index (κ3) is 1.76. The second-order valence-corrected chi connectivity index (χ2v) is 4.83. The van der Waals surface area contributed by atoms with Crippen LogP contribution in [-0.4, -0.2) is 37.9 Å². The molecule has 0 spiro atoms. The molecule has 0 N–H and O–H groups in total. The molecule has 2 saturated heterocycles. The summed E-state index contributed by atoms with van der Waals surface area (Å²) >= 11 is 0. The van der Waals surface area contributed by atoms with E-state index in [1.54, 1.807) is 12.1 Å². The predicted octanol–water partition coefficient (Wildman–Crippen LogP) is 1.73. The van der Waals surface area contributed by atoms with E-state index >= 15 is 0 Å². The molecule has 2 heterocycles. The fourth-order valence-electron chi connectivity index (χ4n) is 2.78. The standard InChI is InChI=1S/C13H16FNO2/c1-15-6-5-13(12(8-15)16-9-17-13)10-3-2-4-11(14)7-10/h2-4,7,12H,5-6,8-9H2,1H3. The number of benzene rings is 1. The Labute approximate surface area is 100 Å². The molecule has 2 atom stereocenters. The number of hydrogen-bond donors (Lipinski definition) is 0. The van der Waals surface area contributed by atoms with E-state index in [0.29, 0.717) is 6.79 Å². The molecule has 1 aromatic carbocycles. The largest absolute Gasteiger partial charge is 0.347 e. The van der Waals surface area contributed by atoms with Gasteiger partial charge in [-0.3, -0.25) is 0 Å². The first-order valence-electron chi connectivity index (χ1n) is 5.91. The highest BCUT2D eigenvalue weighted by Crippen LogP contribution is 2.42. The minimum atomic E-state index is -0.450. The zero-order valence-corrected chi connectivity index (χ0v) is 9.86. The van der Waals surface area contributed by atoms with Gasteiger partial charge in [0.15, 0.2) is 0 Å². The van der Waals surface area contributed by atoms with Crippen LogP contribution in [0.15, 0.2) is 24.3 Å². The molecule has 1 aromatic rings. The van der Waals surface area contributed by atoms with Gasteiger partial charge in [0.05, 0.1) is 0 Å². The topological polar surface area (TPSA) is 21.7 Å². The van der Waals surface area contributed by atoms with Gasteiger partial charge in [-0.1, -0.05) is 12.1 Å². The van der Waals surface area contributed by atoms with Crippen molar-refractivity contribution < 1.29 is 13.9 Å². The maximum absolute atomic E-state index is 13.3. The molecule has 0 amide bonds. The summed E-state index contributed by atoms with van der Waals surface area (Å²) in [6.07, 6.45) is 0.848. The number of likely N-dealkylation sites (tertiary alicyclic amines) is 1. The highest BCUT2D eigenvalue weighted by molar-refractivity contribution is 5.27. The third-order valence-corrected chi connectivity index (χ3v) is 3.76. The lowest BCUT2D eigenvalue weighted by Gasteiger charge is -2.40. The van der Waals surface area contributed by atoms with Crippen LogP contribution in [0.5, 0.6) is 0 Å². The number of piperidine rings is 1. The van der Waals surface area contributed by atoms with Crippen molar-refractivity contribution in [2.45, 2.75) is 18.1 Å². The van der Waals surface area contributed by atoms with Gasteiger partial charge < -0.3 is 14.4 Å². The van der Waals surface area contributed by atoms with Gasteiger partial charge in [0, 0.05) is 13.1 Å². The third-order valence-electron chi connectivity index (χ3n) is 3.76. The molecule has 2 unspecified atom stereocenters. The van der Waals surface area contributed by atoms with Gasteiger partial charge in [0.2, 0.25) is 0 Å². The van der Waals surface area contributed by atoms with Crippen molar-refractivity contribution in [3.8, 4) is 0 Å². The summed E-state index contributed by atoms with van der Waals surface area (Å²) in [6.45, 7) is 2.07. The normalized spacial score (nSPS) is 33.6. The van der Waals surface area contributed by atoms with Gasteiger partial charge >= 0.3 is 0 Å². The molecule has 4 heteroatoms. The molecule has 92 valence electrons. The van der Waals surface area contributed by atoms with Crippen LogP contribution in [-0.2, 0) is 15.1 Å². The zero-order chi connectivity index (χ0) is 11.9. The van der Waals surface area contributed by atoms with Crippen molar-refractivity contribution in [3.05, 3.63) is 35.6 Å². The van der Waals surface area contributed by atoms with Gasteiger partial charge in [-0.15, -0.1) is 0 Å². The number of hydrogen-bond acceptors (Lipinski definition) is 3. The molecule has 0 radical (unpaired) electrons. The number of halogens is 1. The summed E-state index contributed by atoms with van der Waals surface area (Å²) in [7, 11) is 2.07. The average Bonchev–Trinajstić information content (AvgIpc) is 2.73. The molecule has 0 aliphatic carbocycles. The summed E-state index contributed by atoms with van der Waals surface area (Å²) < 4.78 is 24.8. The van der Waals surface area contributed by atoms with Crippen LogP contribution < -0.4 is 0 Å². The molecular formula is C13H16FNO2. The summed E-state index contributed by atoms with van der Waals surface area (Å²) in [5.41, 5.74) is 0.447. The maximum Gasteiger partial charge on any atom is 0.148 e. The van der Waals surface area contributed by atoms with Gasteiger partial charge in [0.25, 0.3) is 0 Å². The number of likely N-dealkylation sites (N-methyl/N-ethyl adjacent to an activating group) is 1. The highest BCUT2D eigenvalue weighted by atomic mass is 19.1. The second kappa shape index (κ2) is 4.05. The fourth-order valence-corrected chi connectivity index (χ4v) is 2.78. The number of ether oxygens (including phenoxy) is 2. The molecule has 0 saturated carbocycles. The van der Waals surface area contributed by atoms with Gasteiger partial charge in [-0.05, 0) is 31.2 Å². The SMILES string of the molecule is CN1CCC2(c3cccc(F)c3)OCOC2C1. The average molecular weight is 237 g/mol. The van der Waals surface area contributed by atoms with Crippen LogP contribution in [0.1, 0.15) is 12.0 Å². The van der Waals surface area contributed by atoms with Crippen LogP contribution in [0, 0.1) is 5.82 Å². The Morgan fingerprint density at radius 2 is 2.35 bits per heavy atom. The van der Waals surface area contributed by atoms with Crippen molar-refractivity contribution >= 4 is 0 Å². The predicted molar refractivity (Wildman–Crippen MR) is 61.0 cm³/mol. The molecule has 0 aromatic heterocycles. The van der Waals surface area contributed by atoms with E-state index in [-0.39, 0.29) is 11.9 Å². The fraction of sp³-hybridized carbons (Fsp3) is 0.538. The summed E-state index contributed by atoms with van der Waals surface area (Å²) in [5, 5.41) is 0. The zero-order valence-electron chi connectivity index (χ0n) is 9.86. The molecule has 3 nitrogen and oxygen atoms in total. The molecule has 0 bridgehead atoms. The van der Waals surface area contributed by atoms with Crippen LogP contribution in [0.4, 0.5) is 4.39 Å². The lowest BCUT2D eigenvalue weighted by molar-refractivity contribution is -0.0446. The monoisotopic (exact) mass is 237 g/mol. The lowest BCUT2D eigenvalue weighted by atomic mass is 9.82. The maximum atomic E-state index is 13.3. The summed E-state index contributed by atoms with van der Waals surface area (Å²) in [5.74, 6) is -0.218. The molecule has 3 rings (SSSR count). The van der Waals surface area contributed by atoms with Crippen LogP contribution in [0.25, 0.3) is 0 Å². The van der Waals surface area contributed by atoms with Crippen molar-refractivity contribution in [1.29, 1.82) is 0 Å². The van der Waals surface area contributed by atoms with Gasteiger partial charge in [-0.25, -0.2) is 4.39 Å². The highest BCUT2D eigenvalue weighted by Gasteiger charge is 2.49. The minimum absolute atomic E-state index is 0.00282. The van der Waals surface area contributed by atoms with Crippen LogP contribution in [0.3, 0.4) is 0 Å². The van der Waals surface area contributed by atoms with Crippen LogP contribution >= 0.6 is 0 Å². The Balaban J connectivity index is 1.99. The van der Waals surface area contributed by atoms with E-state index in [2.05, 4.69) is 11.9 Å². The number of nitrogens with zero attached hydrogens (tertiary/aromatic N) is 1. The first kappa shape index (κ1) is 11.1. The Kier molecular flexibility index (Phi) is 2.65. The molecule has 17 heavy (non-hydrogen) atoms. The van der Waals surface area contributed by atoms with E-state index in [4.69, 9.17) is 9.47 Å². The Bertz CT molecular complexity index is 426. The quantitative estimate of drug-likeness (QED) is 0.742. The van der Waals surface area contributed by atoms with E-state index < -0.39 is 5.60 Å². The van der Waals surface area contributed by atoms with E-state index in [1.165, 1.54) is 6.07 Å². The molecular weight excluding hydrogens is 221 g/mol. The molecule has 2 aliphatic rings. The smallest absolute Gasteiger partial charge is 0.148 e. The number of rotatable bonds is 1. The summed E-state index contributed by atoms with van der Waals surface area (Å²) in [6, 6.07) is 6.68. The Hall–Kier alpha value is -0.970. The second-order valence-electron chi connectivity index (χ2n) is 4.83. The van der Waals surface area contributed by atoms with E-state index in [0.717, 1.165) is 25.1 Å². The van der Waals surface area contributed by atoms with E-state index in [1.807, 2.05) is 6.07 Å². The summed E-state index contributed by atoms with van der Waals surface area (Å²) in [4.78, 5) is 2.22. The van der Waals surface area contributed by atoms with Crippen molar-refractivity contribution in [2.24, 2.45) is 0 Å². The van der Waals surface area contributed by atoms with Gasteiger partial charge in [0.1, 0.15) is 24.3 Å². The Morgan fingerprint density at radius 3 is 3.18 bits per heavy atom. The van der Waals surface area contributed by atoms with Crippen molar-refractivity contribution in [3.63, 3.8) is 0 Å². The molecule has 2 fully saturated rings. The minimum Gasteiger partial charge on any atom is -0.347 e. The van der Waals surface area contributed by atoms with Crippen LogP contribution in [0.2, 0.25) is 0 Å². The first-order chi connectivity index (χ1) is 8.21. The Morgan fingerprint density at radius 1 is 1.47 bits per heavy atom. The van der Waals surface area contributed by atoms with Crippen molar-refractivity contribution in [1.82, 2.24) is 4.90 Å². The first-order valence-corrected chi connectivity index (χ1v) is 5.91. The van der Waals surface area contributed by atoms with Gasteiger partial charge in [-0.2, -0.15) is 0 Å². The van der Waals surface area contributed by atoms with E-state index in [9.17, 15) is 4.39 Å². The number of fused-ring (bicyclic) bond motifs is 1. The molecule has 2 aliphatic heterocycles. The lowest BCUT2D eigenvalue weighted by Crippen LogP contribution is -2.50.